The van der Waals surface area contributed by atoms with E-state index >= 15 is 0 Å². The number of carbonyl (C=O) groups is 1. The van der Waals surface area contributed by atoms with Gasteiger partial charge in [-0.1, -0.05) is 17.7 Å². The second-order valence-electron chi connectivity index (χ2n) is 3.82. The average Bonchev–Trinajstić information content (AvgIpc) is 2.89. The monoisotopic (exact) mass is 283 g/mol. The lowest BCUT2D eigenvalue weighted by molar-refractivity contribution is 0.0903. The van der Waals surface area contributed by atoms with E-state index in [1.165, 1.54) is 18.4 Å². The van der Waals surface area contributed by atoms with Crippen LogP contribution in [0.5, 0.6) is 0 Å². The van der Waals surface area contributed by atoms with Crippen LogP contribution in [0.15, 0.2) is 41.0 Å². The van der Waals surface area contributed by atoms with Crippen molar-refractivity contribution < 1.29 is 18.7 Å². The molecule has 1 unspecified atom stereocenters. The summed E-state index contributed by atoms with van der Waals surface area (Å²) in [4.78, 5) is 12.0. The molecule has 0 aliphatic heterocycles. The third kappa shape index (κ3) is 2.94. The van der Waals surface area contributed by atoms with Gasteiger partial charge in [-0.25, -0.2) is 4.39 Å². The van der Waals surface area contributed by atoms with E-state index in [1.54, 1.807) is 12.1 Å². The highest BCUT2D eigenvalue weighted by atomic mass is 35.5. The zero-order valence-corrected chi connectivity index (χ0v) is 10.5. The van der Waals surface area contributed by atoms with E-state index in [-0.39, 0.29) is 17.2 Å². The first kappa shape index (κ1) is 13.6. The second kappa shape index (κ2) is 5.86. The zero-order valence-electron chi connectivity index (χ0n) is 9.77. The van der Waals surface area contributed by atoms with Crippen LogP contribution >= 0.6 is 11.6 Å². The number of amides is 1. The summed E-state index contributed by atoms with van der Waals surface area (Å²) in [7, 11) is 0. The largest absolute Gasteiger partial charge is 0.467 e. The van der Waals surface area contributed by atoms with Crippen molar-refractivity contribution in [3.05, 3.63) is 58.8 Å². The molecule has 100 valence electrons. The quantitative estimate of drug-likeness (QED) is 0.906. The van der Waals surface area contributed by atoms with Crippen LogP contribution in [-0.2, 0) is 0 Å². The summed E-state index contributed by atoms with van der Waals surface area (Å²) in [5.41, 5.74) is -0.255. The van der Waals surface area contributed by atoms with Gasteiger partial charge in [0.15, 0.2) is 0 Å². The molecule has 2 N–H and O–H groups in total. The van der Waals surface area contributed by atoms with Crippen LogP contribution in [0, 0.1) is 5.82 Å². The fourth-order valence-corrected chi connectivity index (χ4v) is 1.89. The summed E-state index contributed by atoms with van der Waals surface area (Å²) >= 11 is 5.79. The molecule has 6 heteroatoms. The number of rotatable bonds is 4. The number of benzene rings is 1. The SMILES string of the molecule is O=C(NC(CO)c1ccco1)c1c(F)cccc1Cl. The van der Waals surface area contributed by atoms with Crippen LogP contribution in [0.1, 0.15) is 22.2 Å². The molecule has 0 aliphatic carbocycles. The summed E-state index contributed by atoms with van der Waals surface area (Å²) in [6.45, 7) is -0.370. The van der Waals surface area contributed by atoms with Crippen molar-refractivity contribution in [1.82, 2.24) is 5.32 Å². The minimum Gasteiger partial charge on any atom is -0.467 e. The first-order valence-corrected chi connectivity index (χ1v) is 5.90. The highest BCUT2D eigenvalue weighted by Crippen LogP contribution is 2.20. The zero-order chi connectivity index (χ0) is 13.8. The number of halogens is 2. The molecule has 0 aliphatic rings. The smallest absolute Gasteiger partial charge is 0.256 e. The Labute approximate surface area is 113 Å². The number of aliphatic hydroxyl groups excluding tert-OH is 1. The molecule has 1 aromatic heterocycles. The molecule has 0 spiro atoms. The van der Waals surface area contributed by atoms with E-state index in [4.69, 9.17) is 16.0 Å². The molecule has 0 bridgehead atoms. The molecule has 2 aromatic rings. The van der Waals surface area contributed by atoms with Gasteiger partial charge in [0.1, 0.15) is 17.6 Å². The van der Waals surface area contributed by atoms with Crippen molar-refractivity contribution in [3.8, 4) is 0 Å². The van der Waals surface area contributed by atoms with Gasteiger partial charge in [-0.2, -0.15) is 0 Å². The molecular weight excluding hydrogens is 273 g/mol. The first-order valence-electron chi connectivity index (χ1n) is 5.52. The van der Waals surface area contributed by atoms with Gasteiger partial charge >= 0.3 is 0 Å². The van der Waals surface area contributed by atoms with Crippen LogP contribution in [0.25, 0.3) is 0 Å². The number of hydrogen-bond acceptors (Lipinski definition) is 3. The van der Waals surface area contributed by atoms with Gasteiger partial charge in [-0.15, -0.1) is 0 Å². The van der Waals surface area contributed by atoms with Crippen molar-refractivity contribution in [2.24, 2.45) is 0 Å². The molecule has 0 saturated carbocycles. The minimum absolute atomic E-state index is 0.00800. The Hall–Kier alpha value is -1.85. The molecule has 19 heavy (non-hydrogen) atoms. The molecule has 0 fully saturated rings. The fourth-order valence-electron chi connectivity index (χ4n) is 1.64. The molecule has 1 aromatic carbocycles. The average molecular weight is 284 g/mol. The number of hydrogen-bond donors (Lipinski definition) is 2. The number of aliphatic hydroxyl groups is 1. The lowest BCUT2D eigenvalue weighted by Crippen LogP contribution is -2.31. The number of furan rings is 1. The van der Waals surface area contributed by atoms with Crippen molar-refractivity contribution >= 4 is 17.5 Å². The Morgan fingerprint density at radius 1 is 1.42 bits per heavy atom. The Kier molecular flexibility index (Phi) is 4.19. The summed E-state index contributed by atoms with van der Waals surface area (Å²) in [6.07, 6.45) is 1.42. The third-order valence-electron chi connectivity index (χ3n) is 2.56. The van der Waals surface area contributed by atoms with Crippen LogP contribution in [-0.4, -0.2) is 17.6 Å². The van der Waals surface area contributed by atoms with E-state index in [9.17, 15) is 14.3 Å². The van der Waals surface area contributed by atoms with Gasteiger partial charge in [-0.05, 0) is 24.3 Å². The summed E-state index contributed by atoms with van der Waals surface area (Å²) < 4.78 is 18.6. The molecule has 4 nitrogen and oxygen atoms in total. The molecule has 1 heterocycles. The predicted molar refractivity (Wildman–Crippen MR) is 67.4 cm³/mol. The lowest BCUT2D eigenvalue weighted by Gasteiger charge is -2.14. The van der Waals surface area contributed by atoms with Crippen molar-refractivity contribution in [3.63, 3.8) is 0 Å². The summed E-state index contributed by atoms with van der Waals surface area (Å²) in [5, 5.41) is 11.7. The molecular formula is C13H11ClFNO3. The fraction of sp³-hybridized carbons (Fsp3) is 0.154. The molecule has 2 rings (SSSR count). The maximum atomic E-state index is 13.6. The maximum Gasteiger partial charge on any atom is 0.256 e. The molecule has 1 amide bonds. The van der Waals surface area contributed by atoms with Gasteiger partial charge in [0, 0.05) is 0 Å². The normalized spacial score (nSPS) is 12.2. The Morgan fingerprint density at radius 3 is 2.79 bits per heavy atom. The first-order chi connectivity index (χ1) is 9.13. The van der Waals surface area contributed by atoms with E-state index in [0.717, 1.165) is 6.07 Å². The number of carbonyl (C=O) groups excluding carboxylic acids is 1. The van der Waals surface area contributed by atoms with E-state index in [2.05, 4.69) is 5.32 Å². The molecule has 0 radical (unpaired) electrons. The van der Waals surface area contributed by atoms with Gasteiger partial charge in [0.2, 0.25) is 0 Å². The van der Waals surface area contributed by atoms with E-state index in [1.807, 2.05) is 0 Å². The van der Waals surface area contributed by atoms with Gasteiger partial charge in [0.05, 0.1) is 23.5 Å². The van der Waals surface area contributed by atoms with Gasteiger partial charge in [-0.3, -0.25) is 4.79 Å². The minimum atomic E-state index is -0.752. The standard InChI is InChI=1S/C13H11ClFNO3/c14-8-3-1-4-9(15)12(8)13(18)16-10(7-17)11-5-2-6-19-11/h1-6,10,17H,7H2,(H,16,18). The summed E-state index contributed by atoms with van der Waals surface area (Å²) in [6, 6.07) is 6.44. The van der Waals surface area contributed by atoms with Crippen LogP contribution in [0.4, 0.5) is 4.39 Å². The van der Waals surface area contributed by atoms with Crippen LogP contribution in [0.3, 0.4) is 0 Å². The van der Waals surface area contributed by atoms with E-state index in [0.29, 0.717) is 5.76 Å². The summed E-state index contributed by atoms with van der Waals surface area (Å²) in [5.74, 6) is -1.05. The van der Waals surface area contributed by atoms with Crippen LogP contribution < -0.4 is 5.32 Å². The second-order valence-corrected chi connectivity index (χ2v) is 4.23. The number of nitrogens with one attached hydrogen (secondary N) is 1. The maximum absolute atomic E-state index is 13.6. The van der Waals surface area contributed by atoms with Gasteiger partial charge in [0.25, 0.3) is 5.91 Å². The predicted octanol–water partition coefficient (Wildman–Crippen LogP) is 2.54. The van der Waals surface area contributed by atoms with Crippen molar-refractivity contribution in [2.45, 2.75) is 6.04 Å². The topological polar surface area (TPSA) is 62.5 Å². The highest BCUT2D eigenvalue weighted by Gasteiger charge is 2.21. The van der Waals surface area contributed by atoms with E-state index < -0.39 is 17.8 Å². The van der Waals surface area contributed by atoms with Crippen molar-refractivity contribution in [1.29, 1.82) is 0 Å². The molecule has 1 atom stereocenters. The Bertz CT molecular complexity index is 551. The Morgan fingerprint density at radius 2 is 2.21 bits per heavy atom. The van der Waals surface area contributed by atoms with Gasteiger partial charge < -0.3 is 14.8 Å². The Balaban J connectivity index is 2.21. The third-order valence-corrected chi connectivity index (χ3v) is 2.88. The highest BCUT2D eigenvalue weighted by molar-refractivity contribution is 6.33. The molecule has 0 saturated heterocycles. The van der Waals surface area contributed by atoms with Crippen molar-refractivity contribution in [2.75, 3.05) is 6.61 Å². The van der Waals surface area contributed by atoms with Crippen LogP contribution in [0.2, 0.25) is 5.02 Å². The lowest BCUT2D eigenvalue weighted by atomic mass is 10.1.